The molecule has 6 nitrogen and oxygen atoms in total. The minimum atomic E-state index is -0.100. The van der Waals surface area contributed by atoms with Gasteiger partial charge in [-0.1, -0.05) is 12.2 Å². The summed E-state index contributed by atoms with van der Waals surface area (Å²) in [5.41, 5.74) is 0. The van der Waals surface area contributed by atoms with Gasteiger partial charge in [0.1, 0.15) is 0 Å². The Kier molecular flexibility index (Phi) is 5.48. The number of likely N-dealkylation sites (tertiary alicyclic amines) is 1. The molecule has 4 atom stereocenters. The molecule has 24 heavy (non-hydrogen) atoms. The summed E-state index contributed by atoms with van der Waals surface area (Å²) in [7, 11) is 1.73. The van der Waals surface area contributed by atoms with Crippen LogP contribution in [-0.2, 0) is 9.59 Å². The molecule has 0 aromatic rings. The van der Waals surface area contributed by atoms with E-state index in [0.717, 1.165) is 31.1 Å². The Morgan fingerprint density at radius 2 is 1.83 bits per heavy atom. The third kappa shape index (κ3) is 3.18. The number of carbonyl (C=O) groups is 2. The number of thioether (sulfide) groups is 1. The van der Waals surface area contributed by atoms with E-state index in [2.05, 4.69) is 34.0 Å². The summed E-state index contributed by atoms with van der Waals surface area (Å²) in [6.07, 6.45) is 8.39. The summed E-state index contributed by atoms with van der Waals surface area (Å²) in [6.45, 7) is 1.80. The lowest BCUT2D eigenvalue weighted by atomic mass is 9.85. The molecule has 0 radical (unpaired) electrons. The molecular formula is C17H26N4O2S. The predicted molar refractivity (Wildman–Crippen MR) is 96.8 cm³/mol. The van der Waals surface area contributed by atoms with E-state index in [-0.39, 0.29) is 35.5 Å². The van der Waals surface area contributed by atoms with E-state index < -0.39 is 0 Å². The Hall–Kier alpha value is -1.50. The highest BCUT2D eigenvalue weighted by atomic mass is 32.2. The minimum Gasteiger partial charge on any atom is -0.356 e. The largest absolute Gasteiger partial charge is 0.356 e. The lowest BCUT2D eigenvalue weighted by Crippen LogP contribution is -2.44. The number of imide groups is 1. The van der Waals surface area contributed by atoms with Gasteiger partial charge in [0.2, 0.25) is 11.8 Å². The van der Waals surface area contributed by atoms with Crippen LogP contribution in [0.15, 0.2) is 17.1 Å². The molecule has 2 amide bonds. The van der Waals surface area contributed by atoms with Gasteiger partial charge in [-0.3, -0.25) is 19.5 Å². The number of fused-ring (bicyclic) bond motifs is 5. The Morgan fingerprint density at radius 1 is 1.21 bits per heavy atom. The number of aliphatic imine (C=N–C) groups is 1. The number of nitrogens with zero attached hydrogens (tertiary/aromatic N) is 2. The molecule has 1 aliphatic heterocycles. The standard InChI is InChI=1S/C17H26N4O2S/c1-18-17(19-6-3-9-24-2)20-7-8-21-15(22)13-11-4-5-12(10-11)14(13)16(21)23/h4-5,11-14H,3,6-10H2,1-2H3,(H2,18,19,20). The molecule has 0 aromatic carbocycles. The fourth-order valence-electron chi connectivity index (χ4n) is 4.11. The maximum Gasteiger partial charge on any atom is 0.233 e. The van der Waals surface area contributed by atoms with Crippen LogP contribution in [0.2, 0.25) is 0 Å². The summed E-state index contributed by atoms with van der Waals surface area (Å²) in [4.78, 5) is 30.8. The first kappa shape index (κ1) is 17.3. The van der Waals surface area contributed by atoms with Gasteiger partial charge in [0.15, 0.2) is 5.96 Å². The highest BCUT2D eigenvalue weighted by Gasteiger charge is 2.58. The van der Waals surface area contributed by atoms with Gasteiger partial charge in [-0.15, -0.1) is 0 Å². The zero-order valence-electron chi connectivity index (χ0n) is 14.3. The van der Waals surface area contributed by atoms with Gasteiger partial charge >= 0.3 is 0 Å². The van der Waals surface area contributed by atoms with Gasteiger partial charge in [0.25, 0.3) is 0 Å². The van der Waals surface area contributed by atoms with E-state index in [0.29, 0.717) is 13.1 Å². The normalized spacial score (nSPS) is 31.1. The lowest BCUT2D eigenvalue weighted by molar-refractivity contribution is -0.140. The Morgan fingerprint density at radius 3 is 2.42 bits per heavy atom. The van der Waals surface area contributed by atoms with Crippen molar-refractivity contribution in [3.8, 4) is 0 Å². The fraction of sp³-hybridized carbons (Fsp3) is 0.706. The number of nitrogens with one attached hydrogen (secondary N) is 2. The van der Waals surface area contributed by atoms with Crippen LogP contribution in [0.5, 0.6) is 0 Å². The minimum absolute atomic E-state index is 0.0200. The molecule has 2 bridgehead atoms. The first-order valence-electron chi connectivity index (χ1n) is 8.64. The quantitative estimate of drug-likeness (QED) is 0.233. The number of allylic oxidation sites excluding steroid dienone is 2. The summed E-state index contributed by atoms with van der Waals surface area (Å²) >= 11 is 1.82. The number of amides is 2. The summed E-state index contributed by atoms with van der Waals surface area (Å²) in [6, 6.07) is 0. The smallest absolute Gasteiger partial charge is 0.233 e. The van der Waals surface area contributed by atoms with Gasteiger partial charge in [-0.25, -0.2) is 0 Å². The Balaban J connectivity index is 1.46. The molecule has 1 heterocycles. The number of hydrogen-bond donors (Lipinski definition) is 2. The SMILES string of the molecule is CN=C(NCCCSC)NCCN1C(=O)C2C3C=CC(C3)C2C1=O. The number of rotatable bonds is 7. The van der Waals surface area contributed by atoms with Gasteiger partial charge in [-0.05, 0) is 36.7 Å². The van der Waals surface area contributed by atoms with Crippen LogP contribution in [0, 0.1) is 23.7 Å². The van der Waals surface area contributed by atoms with Crippen LogP contribution >= 0.6 is 11.8 Å². The summed E-state index contributed by atoms with van der Waals surface area (Å²) in [5.74, 6) is 2.23. The third-order valence-electron chi connectivity index (χ3n) is 5.23. The van der Waals surface area contributed by atoms with E-state index in [1.807, 2.05) is 11.8 Å². The average molecular weight is 350 g/mol. The van der Waals surface area contributed by atoms with Crippen molar-refractivity contribution in [2.45, 2.75) is 12.8 Å². The van der Waals surface area contributed by atoms with Crippen molar-refractivity contribution in [3.05, 3.63) is 12.2 Å². The van der Waals surface area contributed by atoms with Gasteiger partial charge < -0.3 is 10.6 Å². The van der Waals surface area contributed by atoms with Crippen molar-refractivity contribution in [1.82, 2.24) is 15.5 Å². The summed E-state index contributed by atoms with van der Waals surface area (Å²) in [5, 5.41) is 6.43. The van der Waals surface area contributed by atoms with Crippen LogP contribution in [-0.4, -0.2) is 61.4 Å². The second kappa shape index (κ2) is 7.59. The zero-order valence-corrected chi connectivity index (χ0v) is 15.1. The molecular weight excluding hydrogens is 324 g/mol. The van der Waals surface area contributed by atoms with Gasteiger partial charge in [0, 0.05) is 26.7 Å². The molecule has 132 valence electrons. The molecule has 2 aliphatic carbocycles. The van der Waals surface area contributed by atoms with E-state index in [4.69, 9.17) is 0 Å². The highest BCUT2D eigenvalue weighted by Crippen LogP contribution is 2.52. The van der Waals surface area contributed by atoms with Crippen molar-refractivity contribution >= 4 is 29.5 Å². The molecule has 3 rings (SSSR count). The van der Waals surface area contributed by atoms with E-state index in [1.54, 1.807) is 7.05 Å². The first-order valence-corrected chi connectivity index (χ1v) is 10.0. The maximum absolute atomic E-state index is 12.6. The van der Waals surface area contributed by atoms with Crippen molar-refractivity contribution in [2.75, 3.05) is 38.7 Å². The molecule has 2 fully saturated rings. The Bertz CT molecular complexity index is 533. The van der Waals surface area contributed by atoms with Crippen LogP contribution in [0.4, 0.5) is 0 Å². The number of guanidine groups is 1. The summed E-state index contributed by atoms with van der Waals surface area (Å²) < 4.78 is 0. The average Bonchev–Trinajstić information content (AvgIpc) is 3.26. The van der Waals surface area contributed by atoms with Gasteiger partial charge in [-0.2, -0.15) is 11.8 Å². The molecule has 2 N–H and O–H groups in total. The van der Waals surface area contributed by atoms with E-state index >= 15 is 0 Å². The zero-order chi connectivity index (χ0) is 17.1. The van der Waals surface area contributed by atoms with Crippen molar-refractivity contribution < 1.29 is 9.59 Å². The van der Waals surface area contributed by atoms with Crippen LogP contribution in [0.1, 0.15) is 12.8 Å². The van der Waals surface area contributed by atoms with E-state index in [1.165, 1.54) is 4.90 Å². The van der Waals surface area contributed by atoms with Crippen LogP contribution < -0.4 is 10.6 Å². The van der Waals surface area contributed by atoms with Crippen molar-refractivity contribution in [1.29, 1.82) is 0 Å². The second-order valence-electron chi connectivity index (χ2n) is 6.60. The number of carbonyl (C=O) groups excluding carboxylic acids is 2. The first-order chi connectivity index (χ1) is 11.7. The van der Waals surface area contributed by atoms with Crippen molar-refractivity contribution in [2.24, 2.45) is 28.7 Å². The second-order valence-corrected chi connectivity index (χ2v) is 7.59. The highest BCUT2D eigenvalue weighted by molar-refractivity contribution is 7.98. The van der Waals surface area contributed by atoms with Gasteiger partial charge in [0.05, 0.1) is 11.8 Å². The monoisotopic (exact) mass is 350 g/mol. The molecule has 4 unspecified atom stereocenters. The van der Waals surface area contributed by atoms with Crippen LogP contribution in [0.25, 0.3) is 0 Å². The lowest BCUT2D eigenvalue weighted by Gasteiger charge is -2.18. The molecule has 0 spiro atoms. The predicted octanol–water partition coefficient (Wildman–Crippen LogP) is 0.712. The third-order valence-corrected chi connectivity index (χ3v) is 5.93. The topological polar surface area (TPSA) is 73.8 Å². The maximum atomic E-state index is 12.6. The van der Waals surface area contributed by atoms with Crippen molar-refractivity contribution in [3.63, 3.8) is 0 Å². The molecule has 0 aromatic heterocycles. The molecule has 1 saturated heterocycles. The molecule has 1 saturated carbocycles. The fourth-order valence-corrected chi connectivity index (χ4v) is 4.55. The van der Waals surface area contributed by atoms with E-state index in [9.17, 15) is 9.59 Å². The molecule has 7 heteroatoms. The number of hydrogen-bond acceptors (Lipinski definition) is 4. The Labute approximate surface area is 147 Å². The molecule has 3 aliphatic rings. The van der Waals surface area contributed by atoms with Crippen LogP contribution in [0.3, 0.4) is 0 Å².